The Morgan fingerprint density at radius 1 is 1.26 bits per heavy atom. The van der Waals surface area contributed by atoms with Crippen LogP contribution in [0.1, 0.15) is 6.92 Å². The first kappa shape index (κ1) is 14.1. The summed E-state index contributed by atoms with van der Waals surface area (Å²) in [6.07, 6.45) is 0. The van der Waals surface area contributed by atoms with Gasteiger partial charge in [0.05, 0.1) is 4.47 Å². The molecule has 0 saturated heterocycles. The Kier molecular flexibility index (Phi) is 4.60. The lowest BCUT2D eigenvalue weighted by Crippen LogP contribution is -2.04. The summed E-state index contributed by atoms with van der Waals surface area (Å²) in [7, 11) is 0. The Hall–Kier alpha value is -1.34. The molecule has 0 aliphatic heterocycles. The molecule has 0 fully saturated rings. The van der Waals surface area contributed by atoms with Crippen LogP contribution >= 0.6 is 31.9 Å². The van der Waals surface area contributed by atoms with Crippen molar-refractivity contribution in [3.63, 3.8) is 0 Å². The summed E-state index contributed by atoms with van der Waals surface area (Å²) in [5.41, 5.74) is 5.64. The van der Waals surface area contributed by atoms with Crippen molar-refractivity contribution in [1.29, 1.82) is 0 Å². The smallest absolute Gasteiger partial charge is 0.226 e. The van der Waals surface area contributed by atoms with Crippen LogP contribution in [0.2, 0.25) is 0 Å². The van der Waals surface area contributed by atoms with Gasteiger partial charge in [-0.1, -0.05) is 15.9 Å². The molecule has 5 nitrogen and oxygen atoms in total. The molecular weight excluding hydrogens is 376 g/mol. The van der Waals surface area contributed by atoms with Crippen LogP contribution in [0.25, 0.3) is 0 Å². The predicted octanol–water partition coefficient (Wildman–Crippen LogP) is 3.81. The standard InChI is InChI=1S/C12H12Br2N4O/c1-2-16-10-6-11(18-12(15)17-10)19-9-4-3-7(13)5-8(9)14/h3-6H,2H2,1H3,(H3,15,16,17,18). The second kappa shape index (κ2) is 6.21. The number of nitrogens with one attached hydrogen (secondary N) is 1. The zero-order valence-electron chi connectivity index (χ0n) is 10.2. The van der Waals surface area contributed by atoms with Gasteiger partial charge in [-0.05, 0) is 41.1 Å². The highest BCUT2D eigenvalue weighted by Crippen LogP contribution is 2.31. The van der Waals surface area contributed by atoms with E-state index < -0.39 is 0 Å². The summed E-state index contributed by atoms with van der Waals surface area (Å²) in [6.45, 7) is 2.72. The largest absolute Gasteiger partial charge is 0.438 e. The minimum Gasteiger partial charge on any atom is -0.438 e. The van der Waals surface area contributed by atoms with Gasteiger partial charge in [-0.15, -0.1) is 0 Å². The molecule has 2 aromatic rings. The average molecular weight is 388 g/mol. The summed E-state index contributed by atoms with van der Waals surface area (Å²) >= 11 is 6.81. The van der Waals surface area contributed by atoms with Crippen molar-refractivity contribution < 1.29 is 4.74 Å². The van der Waals surface area contributed by atoms with E-state index in [0.717, 1.165) is 15.5 Å². The van der Waals surface area contributed by atoms with Gasteiger partial charge in [0.2, 0.25) is 11.8 Å². The molecule has 0 aliphatic carbocycles. The van der Waals surface area contributed by atoms with Gasteiger partial charge in [-0.3, -0.25) is 0 Å². The molecule has 0 radical (unpaired) electrons. The average Bonchev–Trinajstić information content (AvgIpc) is 2.32. The molecule has 0 atom stereocenters. The van der Waals surface area contributed by atoms with Gasteiger partial charge in [0.15, 0.2) is 0 Å². The number of anilines is 2. The van der Waals surface area contributed by atoms with Crippen molar-refractivity contribution in [2.75, 3.05) is 17.6 Å². The lowest BCUT2D eigenvalue weighted by molar-refractivity contribution is 0.460. The van der Waals surface area contributed by atoms with E-state index >= 15 is 0 Å². The highest BCUT2D eigenvalue weighted by atomic mass is 79.9. The Morgan fingerprint density at radius 3 is 2.74 bits per heavy atom. The van der Waals surface area contributed by atoms with Crippen molar-refractivity contribution in [2.45, 2.75) is 6.92 Å². The maximum atomic E-state index is 5.69. The maximum Gasteiger partial charge on any atom is 0.226 e. The third-order valence-electron chi connectivity index (χ3n) is 2.19. The number of nitrogens with zero attached hydrogens (tertiary/aromatic N) is 2. The number of halogens is 2. The quantitative estimate of drug-likeness (QED) is 0.834. The molecular formula is C12H12Br2N4O. The summed E-state index contributed by atoms with van der Waals surface area (Å²) < 4.78 is 7.48. The van der Waals surface area contributed by atoms with E-state index in [0.29, 0.717) is 17.4 Å². The molecule has 0 spiro atoms. The molecule has 7 heteroatoms. The molecule has 19 heavy (non-hydrogen) atoms. The Bertz CT molecular complexity index is 592. The van der Waals surface area contributed by atoms with Gasteiger partial charge in [0, 0.05) is 17.1 Å². The summed E-state index contributed by atoms with van der Waals surface area (Å²) in [5.74, 6) is 1.86. The minimum atomic E-state index is 0.168. The van der Waals surface area contributed by atoms with Gasteiger partial charge < -0.3 is 15.8 Å². The van der Waals surface area contributed by atoms with Crippen LogP contribution in [-0.2, 0) is 0 Å². The molecule has 0 saturated carbocycles. The van der Waals surface area contributed by atoms with Gasteiger partial charge >= 0.3 is 0 Å². The third-order valence-corrected chi connectivity index (χ3v) is 3.30. The fourth-order valence-electron chi connectivity index (χ4n) is 1.44. The highest BCUT2D eigenvalue weighted by molar-refractivity contribution is 9.11. The normalized spacial score (nSPS) is 10.3. The highest BCUT2D eigenvalue weighted by Gasteiger charge is 2.07. The van der Waals surface area contributed by atoms with Crippen LogP contribution in [-0.4, -0.2) is 16.5 Å². The number of ether oxygens (including phenoxy) is 1. The lowest BCUT2D eigenvalue weighted by atomic mass is 10.3. The fourth-order valence-corrected chi connectivity index (χ4v) is 2.57. The minimum absolute atomic E-state index is 0.168. The van der Waals surface area contributed by atoms with Crippen LogP contribution in [0.15, 0.2) is 33.2 Å². The van der Waals surface area contributed by atoms with Crippen molar-refractivity contribution in [1.82, 2.24) is 9.97 Å². The molecule has 3 N–H and O–H groups in total. The van der Waals surface area contributed by atoms with Crippen molar-refractivity contribution in [3.05, 3.63) is 33.2 Å². The number of benzene rings is 1. The van der Waals surface area contributed by atoms with Crippen LogP contribution in [0.4, 0.5) is 11.8 Å². The molecule has 1 heterocycles. The van der Waals surface area contributed by atoms with Crippen LogP contribution in [0.5, 0.6) is 11.6 Å². The van der Waals surface area contributed by atoms with E-state index in [-0.39, 0.29) is 5.95 Å². The molecule has 0 aliphatic rings. The Labute approximate surface area is 127 Å². The number of hydrogen-bond donors (Lipinski definition) is 2. The lowest BCUT2D eigenvalue weighted by Gasteiger charge is -2.09. The second-order valence-electron chi connectivity index (χ2n) is 3.66. The molecule has 0 unspecified atom stereocenters. The molecule has 2 rings (SSSR count). The van der Waals surface area contributed by atoms with E-state index in [1.165, 1.54) is 0 Å². The van der Waals surface area contributed by atoms with E-state index in [1.54, 1.807) is 6.07 Å². The van der Waals surface area contributed by atoms with Crippen molar-refractivity contribution >= 4 is 43.6 Å². The molecule has 0 bridgehead atoms. The number of aromatic nitrogens is 2. The van der Waals surface area contributed by atoms with Crippen LogP contribution < -0.4 is 15.8 Å². The van der Waals surface area contributed by atoms with Crippen molar-refractivity contribution in [3.8, 4) is 11.6 Å². The monoisotopic (exact) mass is 386 g/mol. The third kappa shape index (κ3) is 3.81. The first-order chi connectivity index (χ1) is 9.08. The Balaban J connectivity index is 2.27. The number of hydrogen-bond acceptors (Lipinski definition) is 5. The molecule has 100 valence electrons. The van der Waals surface area contributed by atoms with E-state index in [4.69, 9.17) is 10.5 Å². The van der Waals surface area contributed by atoms with E-state index in [1.807, 2.05) is 25.1 Å². The van der Waals surface area contributed by atoms with Crippen LogP contribution in [0, 0.1) is 0 Å². The van der Waals surface area contributed by atoms with Crippen molar-refractivity contribution in [2.24, 2.45) is 0 Å². The first-order valence-corrected chi connectivity index (χ1v) is 7.18. The fraction of sp³-hybridized carbons (Fsp3) is 0.167. The van der Waals surface area contributed by atoms with E-state index in [9.17, 15) is 0 Å². The first-order valence-electron chi connectivity index (χ1n) is 5.60. The number of rotatable bonds is 4. The zero-order chi connectivity index (χ0) is 13.8. The van der Waals surface area contributed by atoms with Crippen LogP contribution in [0.3, 0.4) is 0 Å². The van der Waals surface area contributed by atoms with Gasteiger partial charge in [0.1, 0.15) is 11.6 Å². The summed E-state index contributed by atoms with van der Waals surface area (Å²) in [4.78, 5) is 8.10. The molecule has 1 aromatic heterocycles. The van der Waals surface area contributed by atoms with Gasteiger partial charge in [-0.2, -0.15) is 9.97 Å². The second-order valence-corrected chi connectivity index (χ2v) is 5.43. The van der Waals surface area contributed by atoms with Gasteiger partial charge in [0.25, 0.3) is 0 Å². The topological polar surface area (TPSA) is 73.1 Å². The summed E-state index contributed by atoms with van der Waals surface area (Å²) in [5, 5.41) is 3.07. The molecule has 0 amide bonds. The SMILES string of the molecule is CCNc1cc(Oc2ccc(Br)cc2Br)nc(N)n1. The maximum absolute atomic E-state index is 5.69. The van der Waals surface area contributed by atoms with Gasteiger partial charge in [-0.25, -0.2) is 0 Å². The Morgan fingerprint density at radius 2 is 2.05 bits per heavy atom. The van der Waals surface area contributed by atoms with E-state index in [2.05, 4.69) is 47.1 Å². The number of nitrogens with two attached hydrogens (primary N) is 1. The molecule has 1 aromatic carbocycles. The number of nitrogen functional groups attached to an aromatic ring is 1. The summed E-state index contributed by atoms with van der Waals surface area (Å²) in [6, 6.07) is 7.31. The zero-order valence-corrected chi connectivity index (χ0v) is 13.3. The predicted molar refractivity (Wildman–Crippen MR) is 82.5 cm³/mol.